The van der Waals surface area contributed by atoms with E-state index in [9.17, 15) is 4.79 Å². The molecular weight excluding hydrogens is 318 g/mol. The van der Waals surface area contributed by atoms with Crippen LogP contribution in [-0.2, 0) is 11.5 Å². The fourth-order valence-corrected chi connectivity index (χ4v) is 3.06. The van der Waals surface area contributed by atoms with Gasteiger partial charge in [-0.1, -0.05) is 36.7 Å². The molecule has 0 bridgehead atoms. The Morgan fingerprint density at radius 1 is 1.27 bits per heavy atom. The summed E-state index contributed by atoms with van der Waals surface area (Å²) in [5.74, 6) is 2.54. The van der Waals surface area contributed by atoms with Crippen molar-refractivity contribution in [2.75, 3.05) is 0 Å². The summed E-state index contributed by atoms with van der Waals surface area (Å²) in [7, 11) is 0. The van der Waals surface area contributed by atoms with E-state index in [0.717, 1.165) is 28.5 Å². The molecular formula is C17H20ClNO2S. The van der Waals surface area contributed by atoms with Crippen LogP contribution < -0.4 is 5.32 Å². The summed E-state index contributed by atoms with van der Waals surface area (Å²) in [6.45, 7) is 4.01. The maximum atomic E-state index is 11.9. The third-order valence-electron chi connectivity index (χ3n) is 3.34. The Morgan fingerprint density at radius 3 is 2.77 bits per heavy atom. The number of benzene rings is 1. The number of nitrogens with one attached hydrogen (secondary N) is 1. The molecule has 1 amide bonds. The monoisotopic (exact) mass is 337 g/mol. The predicted octanol–water partition coefficient (Wildman–Crippen LogP) is 4.89. The van der Waals surface area contributed by atoms with Crippen LogP contribution in [0.15, 0.2) is 40.8 Å². The summed E-state index contributed by atoms with van der Waals surface area (Å²) in [6.07, 6.45) is 0.896. The fourth-order valence-electron chi connectivity index (χ4n) is 1.85. The lowest BCUT2D eigenvalue weighted by Crippen LogP contribution is -2.31. The van der Waals surface area contributed by atoms with Gasteiger partial charge < -0.3 is 9.73 Å². The van der Waals surface area contributed by atoms with Crippen LogP contribution in [0, 0.1) is 0 Å². The van der Waals surface area contributed by atoms with E-state index in [2.05, 4.69) is 5.32 Å². The van der Waals surface area contributed by atoms with Gasteiger partial charge in [-0.25, -0.2) is 0 Å². The summed E-state index contributed by atoms with van der Waals surface area (Å²) < 4.78 is 5.59. The molecule has 1 heterocycles. The second-order valence-corrected chi connectivity index (χ2v) is 6.53. The van der Waals surface area contributed by atoms with Gasteiger partial charge in [0.1, 0.15) is 5.76 Å². The highest BCUT2D eigenvalue weighted by Crippen LogP contribution is 2.24. The van der Waals surface area contributed by atoms with Gasteiger partial charge in [0.2, 0.25) is 0 Å². The molecule has 2 rings (SSSR count). The topological polar surface area (TPSA) is 42.2 Å². The normalized spacial score (nSPS) is 12.1. The number of rotatable bonds is 7. The standard InChI is InChI=1S/C17H20ClNO2S/c1-3-12(2)19-17(20)16-9-8-14(21-16)11-22-10-13-6-4-5-7-15(13)18/h4-9,12H,3,10-11H2,1-2H3,(H,19,20)/t12-/m1/s1. The highest BCUT2D eigenvalue weighted by Gasteiger charge is 2.13. The van der Waals surface area contributed by atoms with Crippen molar-refractivity contribution in [1.82, 2.24) is 5.32 Å². The van der Waals surface area contributed by atoms with Crippen molar-refractivity contribution in [3.05, 3.63) is 58.5 Å². The van der Waals surface area contributed by atoms with Gasteiger partial charge in [-0.05, 0) is 37.1 Å². The molecule has 1 atom stereocenters. The highest BCUT2D eigenvalue weighted by molar-refractivity contribution is 7.97. The summed E-state index contributed by atoms with van der Waals surface area (Å²) in [4.78, 5) is 11.9. The lowest BCUT2D eigenvalue weighted by atomic mass is 10.2. The molecule has 0 aliphatic heterocycles. The predicted molar refractivity (Wildman–Crippen MR) is 92.4 cm³/mol. The molecule has 118 valence electrons. The van der Waals surface area contributed by atoms with Crippen LogP contribution in [0.4, 0.5) is 0 Å². The molecule has 1 aromatic heterocycles. The van der Waals surface area contributed by atoms with E-state index in [1.165, 1.54) is 0 Å². The van der Waals surface area contributed by atoms with Gasteiger partial charge in [0.05, 0.1) is 5.75 Å². The molecule has 0 fully saturated rings. The number of hydrogen-bond donors (Lipinski definition) is 1. The molecule has 22 heavy (non-hydrogen) atoms. The lowest BCUT2D eigenvalue weighted by Gasteiger charge is -2.09. The fraction of sp³-hybridized carbons (Fsp3) is 0.353. The third kappa shape index (κ3) is 4.82. The van der Waals surface area contributed by atoms with Crippen molar-refractivity contribution in [2.45, 2.75) is 37.8 Å². The van der Waals surface area contributed by atoms with Crippen LogP contribution in [0.2, 0.25) is 5.02 Å². The second kappa shape index (κ2) is 8.30. The Kier molecular flexibility index (Phi) is 6.40. The zero-order valence-corrected chi connectivity index (χ0v) is 14.3. The Labute approximate surface area is 140 Å². The van der Waals surface area contributed by atoms with Gasteiger partial charge in [0.25, 0.3) is 5.91 Å². The van der Waals surface area contributed by atoms with Gasteiger partial charge in [0, 0.05) is 16.8 Å². The van der Waals surface area contributed by atoms with E-state index in [-0.39, 0.29) is 11.9 Å². The van der Waals surface area contributed by atoms with E-state index in [4.69, 9.17) is 16.0 Å². The molecule has 3 nitrogen and oxygen atoms in total. The SMILES string of the molecule is CC[C@@H](C)NC(=O)c1ccc(CSCc2ccccc2Cl)o1. The zero-order chi connectivity index (χ0) is 15.9. The molecule has 5 heteroatoms. The Bertz CT molecular complexity index is 627. The molecule has 0 saturated heterocycles. The molecule has 0 aliphatic rings. The van der Waals surface area contributed by atoms with Crippen LogP contribution in [0.5, 0.6) is 0 Å². The number of amides is 1. The first-order valence-electron chi connectivity index (χ1n) is 7.31. The van der Waals surface area contributed by atoms with Crippen molar-refractivity contribution < 1.29 is 9.21 Å². The van der Waals surface area contributed by atoms with Crippen molar-refractivity contribution in [2.24, 2.45) is 0 Å². The summed E-state index contributed by atoms with van der Waals surface area (Å²) in [5.41, 5.74) is 1.11. The van der Waals surface area contributed by atoms with Crippen LogP contribution in [0.1, 0.15) is 42.1 Å². The van der Waals surface area contributed by atoms with Gasteiger partial charge in [-0.3, -0.25) is 4.79 Å². The number of hydrogen-bond acceptors (Lipinski definition) is 3. The van der Waals surface area contributed by atoms with Gasteiger partial charge in [-0.2, -0.15) is 0 Å². The maximum absolute atomic E-state index is 11.9. The van der Waals surface area contributed by atoms with Crippen molar-refractivity contribution in [3.8, 4) is 0 Å². The minimum atomic E-state index is -0.156. The average molecular weight is 338 g/mol. The first-order valence-corrected chi connectivity index (χ1v) is 8.84. The molecule has 1 N–H and O–H groups in total. The van der Waals surface area contributed by atoms with Gasteiger partial charge >= 0.3 is 0 Å². The van der Waals surface area contributed by atoms with Crippen LogP contribution in [0.3, 0.4) is 0 Å². The minimum Gasteiger partial charge on any atom is -0.455 e. The Hall–Kier alpha value is -1.39. The molecule has 0 saturated carbocycles. The first kappa shape index (κ1) is 17.0. The van der Waals surface area contributed by atoms with Crippen LogP contribution in [-0.4, -0.2) is 11.9 Å². The summed E-state index contributed by atoms with van der Waals surface area (Å²) >= 11 is 7.83. The van der Waals surface area contributed by atoms with E-state index in [1.807, 2.05) is 44.2 Å². The molecule has 0 radical (unpaired) electrons. The summed E-state index contributed by atoms with van der Waals surface area (Å²) in [5, 5.41) is 3.67. The smallest absolute Gasteiger partial charge is 0.287 e. The first-order chi connectivity index (χ1) is 10.6. The van der Waals surface area contributed by atoms with Gasteiger partial charge in [0.15, 0.2) is 5.76 Å². The Morgan fingerprint density at radius 2 is 2.05 bits per heavy atom. The van der Waals surface area contributed by atoms with Gasteiger partial charge in [-0.15, -0.1) is 11.8 Å². The second-order valence-electron chi connectivity index (χ2n) is 5.13. The Balaban J connectivity index is 1.85. The third-order valence-corrected chi connectivity index (χ3v) is 4.71. The highest BCUT2D eigenvalue weighted by atomic mass is 35.5. The molecule has 0 unspecified atom stereocenters. The molecule has 0 aliphatic carbocycles. The number of furan rings is 1. The summed E-state index contributed by atoms with van der Waals surface area (Å²) in [6, 6.07) is 11.5. The maximum Gasteiger partial charge on any atom is 0.287 e. The van der Waals surface area contributed by atoms with Crippen molar-refractivity contribution >= 4 is 29.3 Å². The molecule has 1 aromatic carbocycles. The van der Waals surface area contributed by atoms with E-state index in [1.54, 1.807) is 17.8 Å². The van der Waals surface area contributed by atoms with E-state index in [0.29, 0.717) is 11.5 Å². The van der Waals surface area contributed by atoms with Crippen molar-refractivity contribution in [1.29, 1.82) is 0 Å². The largest absolute Gasteiger partial charge is 0.455 e. The van der Waals surface area contributed by atoms with E-state index >= 15 is 0 Å². The van der Waals surface area contributed by atoms with Crippen LogP contribution >= 0.6 is 23.4 Å². The number of thioether (sulfide) groups is 1. The number of carbonyl (C=O) groups is 1. The lowest BCUT2D eigenvalue weighted by molar-refractivity contribution is 0.0910. The number of carbonyl (C=O) groups excluding carboxylic acids is 1. The van der Waals surface area contributed by atoms with Crippen LogP contribution in [0.25, 0.3) is 0 Å². The average Bonchev–Trinajstić information content (AvgIpc) is 2.98. The molecule has 2 aromatic rings. The molecule has 0 spiro atoms. The minimum absolute atomic E-state index is 0.149. The van der Waals surface area contributed by atoms with Crippen molar-refractivity contribution in [3.63, 3.8) is 0 Å². The zero-order valence-electron chi connectivity index (χ0n) is 12.8. The quantitative estimate of drug-likeness (QED) is 0.781. The number of halogens is 1. The van der Waals surface area contributed by atoms with E-state index < -0.39 is 0 Å².